The molecule has 0 atom stereocenters. The monoisotopic (exact) mass is 216 g/mol. The molecule has 2 aromatic rings. The van der Waals surface area contributed by atoms with Gasteiger partial charge in [0, 0.05) is 5.56 Å². The molecule has 0 aliphatic carbocycles. The molecule has 0 amide bonds. The molecule has 0 unspecified atom stereocenters. The van der Waals surface area contributed by atoms with Gasteiger partial charge in [0.05, 0.1) is 18.5 Å². The molecule has 0 spiro atoms. The van der Waals surface area contributed by atoms with Gasteiger partial charge in [-0.15, -0.1) is 0 Å². The molecule has 1 aromatic heterocycles. The van der Waals surface area contributed by atoms with E-state index in [1.807, 2.05) is 6.07 Å². The quantitative estimate of drug-likeness (QED) is 0.806. The molecule has 0 bridgehead atoms. The van der Waals surface area contributed by atoms with Gasteiger partial charge < -0.3 is 15.6 Å². The van der Waals surface area contributed by atoms with Crippen LogP contribution in [0.25, 0.3) is 11.3 Å². The number of nitrogens with zero attached hydrogens (tertiary/aromatic N) is 1. The van der Waals surface area contributed by atoms with Crippen molar-refractivity contribution < 1.29 is 9.84 Å². The van der Waals surface area contributed by atoms with Gasteiger partial charge in [0.2, 0.25) is 5.88 Å². The summed E-state index contributed by atoms with van der Waals surface area (Å²) in [5.41, 5.74) is 7.69. The van der Waals surface area contributed by atoms with Crippen LogP contribution in [0.3, 0.4) is 0 Å². The molecule has 0 saturated carbocycles. The van der Waals surface area contributed by atoms with E-state index in [9.17, 15) is 5.11 Å². The molecular weight excluding hydrogens is 204 g/mol. The van der Waals surface area contributed by atoms with E-state index in [1.165, 1.54) is 7.11 Å². The summed E-state index contributed by atoms with van der Waals surface area (Å²) in [6, 6.07) is 10.4. The van der Waals surface area contributed by atoms with Gasteiger partial charge in [-0.05, 0) is 24.3 Å². The Balaban J connectivity index is 2.48. The minimum Gasteiger partial charge on any atom is -0.508 e. The van der Waals surface area contributed by atoms with Crippen molar-refractivity contribution in [2.24, 2.45) is 0 Å². The second-order valence-electron chi connectivity index (χ2n) is 3.35. The lowest BCUT2D eigenvalue weighted by Crippen LogP contribution is -1.96. The number of methoxy groups -OCH3 is 1. The van der Waals surface area contributed by atoms with Gasteiger partial charge in [0.15, 0.2) is 0 Å². The van der Waals surface area contributed by atoms with E-state index in [2.05, 4.69) is 4.98 Å². The van der Waals surface area contributed by atoms with Gasteiger partial charge in [0.25, 0.3) is 0 Å². The second kappa shape index (κ2) is 4.10. The average molecular weight is 216 g/mol. The van der Waals surface area contributed by atoms with E-state index in [0.717, 1.165) is 5.56 Å². The van der Waals surface area contributed by atoms with Crippen LogP contribution in [-0.2, 0) is 0 Å². The molecule has 2 rings (SSSR count). The highest BCUT2D eigenvalue weighted by Crippen LogP contribution is 2.26. The number of hydrogen-bond donors (Lipinski definition) is 2. The molecule has 3 N–H and O–H groups in total. The first-order valence-electron chi connectivity index (χ1n) is 4.80. The fraction of sp³-hybridized carbons (Fsp3) is 0.0833. The van der Waals surface area contributed by atoms with Crippen LogP contribution in [-0.4, -0.2) is 17.2 Å². The third-order valence-electron chi connectivity index (χ3n) is 2.22. The van der Waals surface area contributed by atoms with Gasteiger partial charge in [0.1, 0.15) is 5.75 Å². The number of pyridine rings is 1. The van der Waals surface area contributed by atoms with Crippen molar-refractivity contribution in [2.75, 3.05) is 12.8 Å². The number of ether oxygens (including phenoxy) is 1. The van der Waals surface area contributed by atoms with Crippen LogP contribution in [0.4, 0.5) is 5.69 Å². The van der Waals surface area contributed by atoms with E-state index < -0.39 is 0 Å². The highest BCUT2D eigenvalue weighted by molar-refractivity contribution is 5.64. The number of phenols is 1. The number of aromatic nitrogens is 1. The molecule has 82 valence electrons. The standard InChI is InChI=1S/C12H12N2O2/c1-16-12-10(13)5-6-11(14-12)8-3-2-4-9(15)7-8/h2-7,15H,13H2,1H3. The Kier molecular flexibility index (Phi) is 2.64. The Morgan fingerprint density at radius 2 is 2.06 bits per heavy atom. The number of aromatic hydroxyl groups is 1. The predicted octanol–water partition coefficient (Wildman–Crippen LogP) is 2.04. The van der Waals surface area contributed by atoms with Crippen LogP contribution in [0.1, 0.15) is 0 Å². The Labute approximate surface area is 93.3 Å². The van der Waals surface area contributed by atoms with E-state index in [-0.39, 0.29) is 5.75 Å². The highest BCUT2D eigenvalue weighted by atomic mass is 16.5. The first-order valence-corrected chi connectivity index (χ1v) is 4.80. The number of nitrogens with two attached hydrogens (primary N) is 1. The fourth-order valence-corrected chi connectivity index (χ4v) is 1.44. The Bertz CT molecular complexity index is 512. The number of phenolic OH excluding ortho intramolecular Hbond substituents is 1. The van der Waals surface area contributed by atoms with Crippen molar-refractivity contribution in [1.29, 1.82) is 0 Å². The molecule has 4 nitrogen and oxygen atoms in total. The number of nitrogen functional groups attached to an aromatic ring is 1. The van der Waals surface area contributed by atoms with Gasteiger partial charge in [-0.25, -0.2) is 4.98 Å². The number of rotatable bonds is 2. The number of benzene rings is 1. The van der Waals surface area contributed by atoms with Crippen LogP contribution in [0, 0.1) is 0 Å². The highest BCUT2D eigenvalue weighted by Gasteiger charge is 2.05. The normalized spacial score (nSPS) is 10.1. The van der Waals surface area contributed by atoms with E-state index in [0.29, 0.717) is 17.3 Å². The molecule has 0 saturated heterocycles. The zero-order valence-corrected chi connectivity index (χ0v) is 8.84. The first-order chi connectivity index (χ1) is 7.70. The van der Waals surface area contributed by atoms with Crippen molar-refractivity contribution in [3.8, 4) is 22.9 Å². The summed E-state index contributed by atoms with van der Waals surface area (Å²) in [5.74, 6) is 0.593. The molecule has 16 heavy (non-hydrogen) atoms. The third kappa shape index (κ3) is 1.91. The largest absolute Gasteiger partial charge is 0.508 e. The van der Waals surface area contributed by atoms with E-state index in [1.54, 1.807) is 30.3 Å². The van der Waals surface area contributed by atoms with Gasteiger partial charge in [-0.1, -0.05) is 12.1 Å². The summed E-state index contributed by atoms with van der Waals surface area (Å²) in [4.78, 5) is 4.24. The minimum atomic E-state index is 0.204. The van der Waals surface area contributed by atoms with Crippen LogP contribution >= 0.6 is 0 Å². The Morgan fingerprint density at radius 3 is 2.75 bits per heavy atom. The molecule has 0 aliphatic heterocycles. The fourth-order valence-electron chi connectivity index (χ4n) is 1.44. The molecule has 1 aromatic carbocycles. The number of hydrogen-bond acceptors (Lipinski definition) is 4. The zero-order valence-electron chi connectivity index (χ0n) is 8.84. The lowest BCUT2D eigenvalue weighted by atomic mass is 10.1. The summed E-state index contributed by atoms with van der Waals surface area (Å²) in [6.07, 6.45) is 0. The number of anilines is 1. The molecule has 0 radical (unpaired) electrons. The molecular formula is C12H12N2O2. The predicted molar refractivity (Wildman–Crippen MR) is 62.3 cm³/mol. The lowest BCUT2D eigenvalue weighted by Gasteiger charge is -2.06. The van der Waals surface area contributed by atoms with Crippen molar-refractivity contribution >= 4 is 5.69 Å². The van der Waals surface area contributed by atoms with Crippen LogP contribution in [0.5, 0.6) is 11.6 Å². The second-order valence-corrected chi connectivity index (χ2v) is 3.35. The smallest absolute Gasteiger partial charge is 0.237 e. The van der Waals surface area contributed by atoms with Crippen LogP contribution < -0.4 is 10.5 Å². The zero-order chi connectivity index (χ0) is 11.5. The SMILES string of the molecule is COc1nc(-c2cccc(O)c2)ccc1N. The van der Waals surface area contributed by atoms with E-state index in [4.69, 9.17) is 10.5 Å². The summed E-state index contributed by atoms with van der Waals surface area (Å²) in [5, 5.41) is 9.37. The maximum atomic E-state index is 9.37. The molecule has 0 aliphatic rings. The summed E-state index contributed by atoms with van der Waals surface area (Å²) < 4.78 is 5.04. The Hall–Kier alpha value is -2.23. The molecule has 4 heteroatoms. The molecule has 1 heterocycles. The van der Waals surface area contributed by atoms with Gasteiger partial charge in [-0.3, -0.25) is 0 Å². The van der Waals surface area contributed by atoms with Crippen LogP contribution in [0.2, 0.25) is 0 Å². The lowest BCUT2D eigenvalue weighted by molar-refractivity contribution is 0.401. The van der Waals surface area contributed by atoms with Gasteiger partial charge in [-0.2, -0.15) is 0 Å². The van der Waals surface area contributed by atoms with Crippen molar-refractivity contribution in [3.63, 3.8) is 0 Å². The average Bonchev–Trinajstić information content (AvgIpc) is 2.29. The maximum absolute atomic E-state index is 9.37. The minimum absolute atomic E-state index is 0.204. The van der Waals surface area contributed by atoms with Crippen molar-refractivity contribution in [2.45, 2.75) is 0 Å². The first kappa shape index (κ1) is 10.3. The van der Waals surface area contributed by atoms with E-state index >= 15 is 0 Å². The van der Waals surface area contributed by atoms with Crippen molar-refractivity contribution in [3.05, 3.63) is 36.4 Å². The van der Waals surface area contributed by atoms with Crippen LogP contribution in [0.15, 0.2) is 36.4 Å². The molecule has 0 fully saturated rings. The maximum Gasteiger partial charge on any atom is 0.237 e. The summed E-state index contributed by atoms with van der Waals surface area (Å²) in [6.45, 7) is 0. The Morgan fingerprint density at radius 1 is 1.25 bits per heavy atom. The third-order valence-corrected chi connectivity index (χ3v) is 2.22. The summed E-state index contributed by atoms with van der Waals surface area (Å²) >= 11 is 0. The van der Waals surface area contributed by atoms with Gasteiger partial charge >= 0.3 is 0 Å². The topological polar surface area (TPSA) is 68.4 Å². The summed E-state index contributed by atoms with van der Waals surface area (Å²) in [7, 11) is 1.52. The van der Waals surface area contributed by atoms with Crippen molar-refractivity contribution in [1.82, 2.24) is 4.98 Å².